The van der Waals surface area contributed by atoms with Gasteiger partial charge in [-0.05, 0) is 35.4 Å². The largest absolute Gasteiger partial charge is 0.494 e. The Morgan fingerprint density at radius 2 is 1.52 bits per heavy atom. The van der Waals surface area contributed by atoms with E-state index in [1.54, 1.807) is 12.1 Å². The third kappa shape index (κ3) is 14.6. The van der Waals surface area contributed by atoms with Gasteiger partial charge in [0.2, 0.25) is 5.91 Å². The predicted molar refractivity (Wildman–Crippen MR) is 133 cm³/mol. The normalized spacial score (nSPS) is 13.5. The molecule has 1 aliphatic rings. The van der Waals surface area contributed by atoms with Crippen molar-refractivity contribution in [1.82, 2.24) is 10.2 Å². The van der Waals surface area contributed by atoms with Crippen LogP contribution in [-0.2, 0) is 19.3 Å². The minimum absolute atomic E-state index is 0.419. The average Bonchev–Trinajstić information content (AvgIpc) is 2.95. The molecule has 1 aliphatic heterocycles. The molecule has 0 spiro atoms. The summed E-state index contributed by atoms with van der Waals surface area (Å²) < 4.78 is 85.4. The number of aliphatic carboxylic acids is 1. The molecule has 17 heteroatoms. The Morgan fingerprint density at radius 1 is 0.929 bits per heavy atom. The van der Waals surface area contributed by atoms with Crippen molar-refractivity contribution in [2.45, 2.75) is 12.4 Å². The van der Waals surface area contributed by atoms with E-state index in [0.717, 1.165) is 62.8 Å². The third-order valence-electron chi connectivity index (χ3n) is 5.13. The van der Waals surface area contributed by atoms with Crippen molar-refractivity contribution in [3.8, 4) is 16.9 Å². The molecule has 1 fully saturated rings. The first-order valence-corrected chi connectivity index (χ1v) is 12.0. The van der Waals surface area contributed by atoms with E-state index < -0.39 is 30.2 Å². The summed E-state index contributed by atoms with van der Waals surface area (Å²) in [7, 11) is 0. The summed E-state index contributed by atoms with van der Waals surface area (Å²) >= 11 is 0. The van der Waals surface area contributed by atoms with Gasteiger partial charge in [-0.15, -0.1) is 0 Å². The first-order chi connectivity index (χ1) is 19.6. The van der Waals surface area contributed by atoms with Crippen molar-refractivity contribution in [3.63, 3.8) is 0 Å². The number of nitrogens with zero attached hydrogens (tertiary/aromatic N) is 1. The quantitative estimate of drug-likeness (QED) is 0.286. The van der Waals surface area contributed by atoms with Gasteiger partial charge in [0.05, 0.1) is 13.2 Å². The molecule has 0 radical (unpaired) electrons. The first-order valence-electron chi connectivity index (χ1n) is 12.0. The lowest BCUT2D eigenvalue weighted by Crippen LogP contribution is -2.40. The van der Waals surface area contributed by atoms with Gasteiger partial charge in [-0.3, -0.25) is 9.69 Å². The molecule has 1 heterocycles. The molecule has 4 N–H and O–H groups in total. The van der Waals surface area contributed by atoms with Crippen LogP contribution in [0.25, 0.3) is 11.1 Å². The van der Waals surface area contributed by atoms with Gasteiger partial charge in [0.25, 0.3) is 0 Å². The van der Waals surface area contributed by atoms with E-state index in [1.165, 1.54) is 0 Å². The Bertz CT molecular complexity index is 1120. The number of rotatable bonds is 9. The maximum absolute atomic E-state index is 11.3. The molecule has 0 saturated carbocycles. The summed E-state index contributed by atoms with van der Waals surface area (Å²) in [4.78, 5) is 33.6. The van der Waals surface area contributed by atoms with Crippen molar-refractivity contribution in [2.24, 2.45) is 5.73 Å². The minimum Gasteiger partial charge on any atom is -0.492 e. The van der Waals surface area contributed by atoms with Crippen molar-refractivity contribution < 1.29 is 64.8 Å². The van der Waals surface area contributed by atoms with E-state index in [-0.39, 0.29) is 0 Å². The van der Waals surface area contributed by atoms with Gasteiger partial charge in [-0.25, -0.2) is 14.5 Å². The van der Waals surface area contributed by atoms with Gasteiger partial charge in [0.1, 0.15) is 12.4 Å². The van der Waals surface area contributed by atoms with Crippen LogP contribution >= 0.6 is 0 Å². The number of nitrogens with one attached hydrogen (secondary N) is 1. The van der Waals surface area contributed by atoms with Gasteiger partial charge >= 0.3 is 24.3 Å². The average molecular weight is 615 g/mol. The third-order valence-corrected chi connectivity index (χ3v) is 5.13. The fourth-order valence-corrected chi connectivity index (χ4v) is 3.07. The number of ether oxygens (including phenoxy) is 2. The van der Waals surface area contributed by atoms with E-state index in [0.29, 0.717) is 12.2 Å². The van der Waals surface area contributed by atoms with Crippen LogP contribution in [0.15, 0.2) is 48.5 Å². The zero-order valence-electron chi connectivity index (χ0n) is 21.8. The van der Waals surface area contributed by atoms with Crippen LogP contribution < -0.4 is 15.8 Å². The molecule has 3 rings (SSSR count). The topological polar surface area (TPSA) is 140 Å². The van der Waals surface area contributed by atoms with Crippen LogP contribution in [0, 0.1) is 0 Å². The summed E-state index contributed by atoms with van der Waals surface area (Å²) in [5, 5.41) is 10.5. The number of carbonyl (C=O) groups is 3. The predicted octanol–water partition coefficient (Wildman–Crippen LogP) is 3.36. The summed E-state index contributed by atoms with van der Waals surface area (Å²) in [6.45, 7) is 7.16. The molecule has 42 heavy (non-hydrogen) atoms. The fourth-order valence-electron chi connectivity index (χ4n) is 3.07. The van der Waals surface area contributed by atoms with Gasteiger partial charge in [0, 0.05) is 42.8 Å². The number of alkyl halides is 6. The van der Waals surface area contributed by atoms with E-state index in [1.807, 2.05) is 41.3 Å². The minimum atomic E-state index is -5.23. The highest BCUT2D eigenvalue weighted by Gasteiger charge is 2.42. The number of carboxylic acids is 1. The molecule has 1 saturated heterocycles. The molecule has 0 aliphatic carbocycles. The second kappa shape index (κ2) is 17.8. The van der Waals surface area contributed by atoms with Gasteiger partial charge < -0.3 is 25.6 Å². The van der Waals surface area contributed by atoms with E-state index in [9.17, 15) is 35.7 Å². The van der Waals surface area contributed by atoms with Gasteiger partial charge in [-0.2, -0.15) is 26.3 Å². The van der Waals surface area contributed by atoms with Crippen LogP contribution in [0.4, 0.5) is 30.9 Å². The van der Waals surface area contributed by atoms with Gasteiger partial charge in [0.15, 0.2) is 0 Å². The molecular formula is C25H28F7N3O7. The highest BCUT2D eigenvalue weighted by Crippen LogP contribution is 2.23. The summed E-state index contributed by atoms with van der Waals surface area (Å²) in [5.41, 5.74) is 7.84. The lowest BCUT2D eigenvalue weighted by Gasteiger charge is -2.26. The Kier molecular flexibility index (Phi) is 15.3. The molecular weight excluding hydrogens is 587 g/mol. The maximum Gasteiger partial charge on any atom is 0.494 e. The summed E-state index contributed by atoms with van der Waals surface area (Å²) in [6.07, 6.45) is -10.3. The molecule has 2 aromatic carbocycles. The first kappa shape index (κ1) is 36.1. The molecule has 234 valence electrons. The molecule has 0 unspecified atom stereocenters. The van der Waals surface area contributed by atoms with Crippen molar-refractivity contribution in [1.29, 1.82) is 0 Å². The monoisotopic (exact) mass is 615 g/mol. The van der Waals surface area contributed by atoms with Crippen molar-refractivity contribution in [3.05, 3.63) is 54.1 Å². The Morgan fingerprint density at radius 3 is 2.00 bits per heavy atom. The molecule has 0 atom stereocenters. The number of hydrogen-bond acceptors (Lipinski definition) is 8. The second-order valence-corrected chi connectivity index (χ2v) is 8.19. The number of primary amides is 1. The molecule has 2 aromatic rings. The van der Waals surface area contributed by atoms with Crippen LogP contribution in [0.5, 0.6) is 5.75 Å². The molecule has 0 bridgehead atoms. The molecule has 1 amide bonds. The number of nitrogens with two attached hydrogens (primary N) is 1. The maximum atomic E-state index is 11.3. The van der Waals surface area contributed by atoms with Crippen LogP contribution in [0.1, 0.15) is 10.4 Å². The molecule has 10 nitrogen and oxygen atoms in total. The van der Waals surface area contributed by atoms with Crippen molar-refractivity contribution >= 4 is 17.8 Å². The Hall–Kier alpha value is -3.96. The van der Waals surface area contributed by atoms with E-state index in [2.05, 4.69) is 10.2 Å². The van der Waals surface area contributed by atoms with E-state index >= 15 is 0 Å². The number of carboxylic acid groups (broad SMARTS) is 1. The SMILES string of the molecule is NC(=O)c1cccc(-c2ccc(OCCNCCN3CCOCC3)cc2)c1.O=C(O)C(F)(F)F.O=C(OF)C(F)(F)F. The number of morpholine rings is 1. The smallest absolute Gasteiger partial charge is 0.492 e. The summed E-state index contributed by atoms with van der Waals surface area (Å²) in [5.74, 6) is -5.18. The lowest BCUT2D eigenvalue weighted by atomic mass is 10.0. The highest BCUT2D eigenvalue weighted by molar-refractivity contribution is 5.94. The van der Waals surface area contributed by atoms with Crippen molar-refractivity contribution in [2.75, 3.05) is 52.5 Å². The zero-order valence-corrected chi connectivity index (χ0v) is 21.8. The lowest BCUT2D eigenvalue weighted by molar-refractivity contribution is -0.234. The molecule has 0 aromatic heterocycles. The van der Waals surface area contributed by atoms with Gasteiger partial charge in [-0.1, -0.05) is 24.3 Å². The highest BCUT2D eigenvalue weighted by atomic mass is 19.4. The standard InChI is InChI=1S/C21H27N3O3.C2F4O2.C2HF3O2/c22-21(25)19-3-1-2-18(16-19)17-4-6-20(7-5-17)27-13-9-23-8-10-24-11-14-26-15-12-24;3-2(4,5)1(7)8-6;3-2(4,5)1(6)7/h1-7,16,23H,8-15H2,(H2,22,25);;(H,6,7). The summed E-state index contributed by atoms with van der Waals surface area (Å²) in [6, 6.07) is 15.2. The van der Waals surface area contributed by atoms with Crippen LogP contribution in [0.3, 0.4) is 0 Å². The number of halogens is 7. The van der Waals surface area contributed by atoms with Crippen LogP contribution in [0.2, 0.25) is 0 Å². The fraction of sp³-hybridized carbons (Fsp3) is 0.400. The van der Waals surface area contributed by atoms with Crippen LogP contribution in [-0.4, -0.2) is 92.7 Å². The number of hydrogen-bond donors (Lipinski definition) is 3. The Labute approximate surface area is 235 Å². The Balaban J connectivity index is 0.000000485. The zero-order chi connectivity index (χ0) is 31.8. The second-order valence-electron chi connectivity index (χ2n) is 8.19. The number of carbonyl (C=O) groups excluding carboxylic acids is 2. The number of benzene rings is 2. The van der Waals surface area contributed by atoms with E-state index in [4.69, 9.17) is 29.9 Å². The number of amides is 1.